The second-order valence-electron chi connectivity index (χ2n) is 4.76. The van der Waals surface area contributed by atoms with Gasteiger partial charge in [0.2, 0.25) is 0 Å². The maximum Gasteiger partial charge on any atom is 0.146 e. The molecule has 2 aromatic carbocycles. The van der Waals surface area contributed by atoms with E-state index in [1.54, 1.807) is 13.0 Å². The van der Waals surface area contributed by atoms with Gasteiger partial charge in [0, 0.05) is 16.8 Å². The van der Waals surface area contributed by atoms with Crippen LogP contribution < -0.4 is 10.6 Å². The molecule has 104 valence electrons. The summed E-state index contributed by atoms with van der Waals surface area (Å²) in [6.45, 7) is 1.69. The van der Waals surface area contributed by atoms with E-state index in [4.69, 9.17) is 0 Å². The fourth-order valence-electron chi connectivity index (χ4n) is 2.10. The second kappa shape index (κ2) is 6.69. The first kappa shape index (κ1) is 14.8. The van der Waals surface area contributed by atoms with Crippen LogP contribution in [0.15, 0.2) is 72.8 Å². The lowest BCUT2D eigenvalue weighted by atomic mass is 10.4. The highest BCUT2D eigenvalue weighted by Crippen LogP contribution is 2.43. The number of rotatable bonds is 5. The number of benzene rings is 2. The van der Waals surface area contributed by atoms with Crippen molar-refractivity contribution in [3.8, 4) is 0 Å². The van der Waals surface area contributed by atoms with E-state index < -0.39 is 13.2 Å². The molecule has 0 aliphatic carbocycles. The van der Waals surface area contributed by atoms with Crippen molar-refractivity contribution in [2.75, 3.05) is 6.16 Å². The molecule has 0 saturated carbocycles. The Kier molecular flexibility index (Phi) is 4.94. The van der Waals surface area contributed by atoms with Gasteiger partial charge in [-0.3, -0.25) is 0 Å². The zero-order chi connectivity index (χ0) is 14.4. The van der Waals surface area contributed by atoms with Crippen LogP contribution in [0.25, 0.3) is 0 Å². The summed E-state index contributed by atoms with van der Waals surface area (Å²) in [5, 5.41) is 11.0. The monoisotopic (exact) mass is 286 g/mol. The van der Waals surface area contributed by atoms with E-state index in [1.165, 1.54) is 0 Å². The van der Waals surface area contributed by atoms with Gasteiger partial charge in [0.25, 0.3) is 0 Å². The molecule has 0 amide bonds. The zero-order valence-electron chi connectivity index (χ0n) is 11.5. The summed E-state index contributed by atoms with van der Waals surface area (Å²) < 4.78 is 13.5. The Morgan fingerprint density at radius 2 is 1.45 bits per heavy atom. The van der Waals surface area contributed by atoms with Gasteiger partial charge in [-0.2, -0.15) is 0 Å². The van der Waals surface area contributed by atoms with Crippen molar-refractivity contribution in [2.45, 2.75) is 13.0 Å². The Labute approximate surface area is 120 Å². The molecule has 0 saturated heterocycles. The summed E-state index contributed by atoms with van der Waals surface area (Å²) in [7, 11) is -2.68. The molecule has 0 heterocycles. The molecule has 0 spiro atoms. The lowest BCUT2D eigenvalue weighted by Crippen LogP contribution is -2.17. The predicted molar refractivity (Wildman–Crippen MR) is 85.4 cm³/mol. The molecule has 2 nitrogen and oxygen atoms in total. The van der Waals surface area contributed by atoms with Crippen molar-refractivity contribution in [1.82, 2.24) is 0 Å². The molecule has 0 aromatic heterocycles. The Morgan fingerprint density at radius 3 is 1.85 bits per heavy atom. The molecule has 2 rings (SSSR count). The highest BCUT2D eigenvalue weighted by atomic mass is 31.2. The van der Waals surface area contributed by atoms with Crippen LogP contribution >= 0.6 is 7.14 Å². The third-order valence-corrected chi connectivity index (χ3v) is 6.11. The minimum absolute atomic E-state index is 0.423. The number of allylic oxidation sites excluding steroid dienone is 1. The largest absolute Gasteiger partial charge is 0.389 e. The predicted octanol–water partition coefficient (Wildman–Crippen LogP) is 2.94. The molecule has 0 radical (unpaired) electrons. The van der Waals surface area contributed by atoms with E-state index >= 15 is 0 Å². The summed E-state index contributed by atoms with van der Waals surface area (Å²) in [5.41, 5.74) is 0. The Morgan fingerprint density at radius 1 is 1.00 bits per heavy atom. The number of aliphatic hydroxyl groups is 1. The van der Waals surface area contributed by atoms with Crippen molar-refractivity contribution < 1.29 is 9.67 Å². The van der Waals surface area contributed by atoms with Gasteiger partial charge in [0.1, 0.15) is 7.14 Å². The van der Waals surface area contributed by atoms with Crippen molar-refractivity contribution >= 4 is 17.8 Å². The summed E-state index contributed by atoms with van der Waals surface area (Å²) in [4.78, 5) is 0. The van der Waals surface area contributed by atoms with Crippen molar-refractivity contribution in [2.24, 2.45) is 0 Å². The molecule has 0 aliphatic heterocycles. The minimum Gasteiger partial charge on any atom is -0.389 e. The SMILES string of the molecule is CC(O)/C=C/CP(=O)(c1ccccc1)c1ccccc1. The van der Waals surface area contributed by atoms with Crippen LogP contribution in [0.3, 0.4) is 0 Å². The van der Waals surface area contributed by atoms with Crippen LogP contribution in [-0.2, 0) is 4.57 Å². The summed E-state index contributed by atoms with van der Waals surface area (Å²) in [6, 6.07) is 19.1. The highest BCUT2D eigenvalue weighted by molar-refractivity contribution is 7.78. The van der Waals surface area contributed by atoms with Crippen LogP contribution in [0.1, 0.15) is 6.92 Å². The fraction of sp³-hybridized carbons (Fsp3) is 0.176. The fourth-order valence-corrected chi connectivity index (χ4v) is 4.55. The minimum atomic E-state index is -2.68. The topological polar surface area (TPSA) is 37.3 Å². The number of aliphatic hydroxyl groups excluding tert-OH is 1. The van der Waals surface area contributed by atoms with Crippen LogP contribution in [0.4, 0.5) is 0 Å². The van der Waals surface area contributed by atoms with Gasteiger partial charge in [-0.15, -0.1) is 0 Å². The van der Waals surface area contributed by atoms with Gasteiger partial charge in [-0.25, -0.2) is 0 Å². The molecule has 0 fully saturated rings. The molecule has 0 aliphatic rings. The molecule has 3 heteroatoms. The first-order valence-electron chi connectivity index (χ1n) is 6.68. The van der Waals surface area contributed by atoms with Gasteiger partial charge in [-0.05, 0) is 6.92 Å². The van der Waals surface area contributed by atoms with Gasteiger partial charge < -0.3 is 9.67 Å². The molecule has 1 N–H and O–H groups in total. The zero-order valence-corrected chi connectivity index (χ0v) is 12.4. The molecule has 2 aromatic rings. The quantitative estimate of drug-likeness (QED) is 0.678. The van der Waals surface area contributed by atoms with Crippen LogP contribution in [0, 0.1) is 0 Å². The summed E-state index contributed by atoms with van der Waals surface area (Å²) in [5.74, 6) is 0. The maximum atomic E-state index is 13.5. The van der Waals surface area contributed by atoms with Crippen LogP contribution in [0.2, 0.25) is 0 Å². The first-order chi connectivity index (χ1) is 9.63. The van der Waals surface area contributed by atoms with E-state index in [1.807, 2.05) is 66.7 Å². The van der Waals surface area contributed by atoms with Crippen molar-refractivity contribution in [3.63, 3.8) is 0 Å². The summed E-state index contributed by atoms with van der Waals surface area (Å²) in [6.07, 6.45) is 3.39. The van der Waals surface area contributed by atoms with Crippen molar-refractivity contribution in [3.05, 3.63) is 72.8 Å². The standard InChI is InChI=1S/C17H19O2P/c1-15(18)9-8-14-20(19,16-10-4-2-5-11-16)17-12-6-3-7-13-17/h2-13,15,18H,14H2,1H3/b9-8+. The van der Waals surface area contributed by atoms with Gasteiger partial charge >= 0.3 is 0 Å². The lowest BCUT2D eigenvalue weighted by Gasteiger charge is -2.17. The highest BCUT2D eigenvalue weighted by Gasteiger charge is 2.25. The first-order valence-corrected chi connectivity index (χ1v) is 8.57. The average Bonchev–Trinajstić information content (AvgIpc) is 2.48. The van der Waals surface area contributed by atoms with E-state index in [-0.39, 0.29) is 0 Å². The number of hydrogen-bond acceptors (Lipinski definition) is 2. The third kappa shape index (κ3) is 3.47. The van der Waals surface area contributed by atoms with E-state index in [2.05, 4.69) is 0 Å². The Hall–Kier alpha value is -1.63. The van der Waals surface area contributed by atoms with Crippen LogP contribution in [0.5, 0.6) is 0 Å². The van der Waals surface area contributed by atoms with Gasteiger partial charge in [0.15, 0.2) is 0 Å². The van der Waals surface area contributed by atoms with E-state index in [0.717, 1.165) is 10.6 Å². The lowest BCUT2D eigenvalue weighted by molar-refractivity contribution is 0.244. The van der Waals surface area contributed by atoms with Crippen molar-refractivity contribution in [1.29, 1.82) is 0 Å². The Bertz CT molecular complexity index is 560. The van der Waals surface area contributed by atoms with Crippen LogP contribution in [-0.4, -0.2) is 17.4 Å². The van der Waals surface area contributed by atoms with Gasteiger partial charge in [0.05, 0.1) is 6.10 Å². The third-order valence-electron chi connectivity index (χ3n) is 3.12. The van der Waals surface area contributed by atoms with Gasteiger partial charge in [-0.1, -0.05) is 72.8 Å². The molecule has 20 heavy (non-hydrogen) atoms. The Balaban J connectivity index is 2.42. The molecule has 1 atom stereocenters. The molecular weight excluding hydrogens is 267 g/mol. The summed E-state index contributed by atoms with van der Waals surface area (Å²) >= 11 is 0. The molecule has 0 bridgehead atoms. The molecule has 1 unspecified atom stereocenters. The smallest absolute Gasteiger partial charge is 0.146 e. The number of hydrogen-bond donors (Lipinski definition) is 1. The maximum absolute atomic E-state index is 13.5. The van der Waals surface area contributed by atoms with E-state index in [0.29, 0.717) is 6.16 Å². The average molecular weight is 286 g/mol. The second-order valence-corrected chi connectivity index (χ2v) is 7.64. The molecular formula is C17H19O2P. The van der Waals surface area contributed by atoms with E-state index in [9.17, 15) is 9.67 Å². The normalized spacial score (nSPS) is 13.5.